The summed E-state index contributed by atoms with van der Waals surface area (Å²) in [6, 6.07) is 14.5. The number of ether oxygens (including phenoxy) is 1. The average Bonchev–Trinajstić information content (AvgIpc) is 2.67. The number of nitrogens with zero attached hydrogens (tertiary/aromatic N) is 2. The van der Waals surface area contributed by atoms with Gasteiger partial charge in [-0.15, -0.1) is 0 Å². The maximum Gasteiger partial charge on any atom is 0.261 e. The van der Waals surface area contributed by atoms with Crippen LogP contribution in [-0.2, 0) is 11.8 Å². The third-order valence-electron chi connectivity index (χ3n) is 4.04. The van der Waals surface area contributed by atoms with Crippen LogP contribution in [0.15, 0.2) is 58.5 Å². The molecule has 6 nitrogen and oxygen atoms in total. The van der Waals surface area contributed by atoms with Crippen molar-refractivity contribution in [2.45, 2.75) is 24.3 Å². The molecule has 0 bridgehead atoms. The Morgan fingerprint density at radius 2 is 1.93 bits per heavy atom. The minimum atomic E-state index is -0.445. The molecule has 0 saturated carbocycles. The van der Waals surface area contributed by atoms with E-state index < -0.39 is 5.25 Å². The molecule has 1 atom stereocenters. The predicted octanol–water partition coefficient (Wildman–Crippen LogP) is 3.45. The minimum absolute atomic E-state index is 0.127. The van der Waals surface area contributed by atoms with Gasteiger partial charge in [0.05, 0.1) is 28.4 Å². The Labute approximate surface area is 161 Å². The number of benzene rings is 2. The summed E-state index contributed by atoms with van der Waals surface area (Å²) < 4.78 is 7.02. The summed E-state index contributed by atoms with van der Waals surface area (Å²) in [5.74, 6) is 0.441. The van der Waals surface area contributed by atoms with Gasteiger partial charge in [0.1, 0.15) is 5.75 Å². The largest absolute Gasteiger partial charge is 0.492 e. The molecular formula is C20H21N3O3S. The van der Waals surface area contributed by atoms with Gasteiger partial charge in [-0.3, -0.25) is 14.2 Å². The third-order valence-corrected chi connectivity index (χ3v) is 5.18. The number of hydrogen-bond donors (Lipinski definition) is 1. The Morgan fingerprint density at radius 3 is 2.70 bits per heavy atom. The van der Waals surface area contributed by atoms with E-state index in [1.54, 1.807) is 32.2 Å². The fourth-order valence-corrected chi connectivity index (χ4v) is 3.47. The smallest absolute Gasteiger partial charge is 0.261 e. The molecule has 0 saturated heterocycles. The molecule has 0 fully saturated rings. The number of thioether (sulfide) groups is 1. The minimum Gasteiger partial charge on any atom is -0.492 e. The van der Waals surface area contributed by atoms with Gasteiger partial charge in [0.25, 0.3) is 5.56 Å². The first-order chi connectivity index (χ1) is 13.0. The van der Waals surface area contributed by atoms with Crippen molar-refractivity contribution in [3.05, 3.63) is 58.9 Å². The first kappa shape index (κ1) is 19.0. The van der Waals surface area contributed by atoms with Gasteiger partial charge >= 0.3 is 0 Å². The molecule has 0 aliphatic carbocycles. The molecule has 3 aromatic rings. The summed E-state index contributed by atoms with van der Waals surface area (Å²) in [7, 11) is 1.67. The number of anilines is 1. The highest BCUT2D eigenvalue weighted by atomic mass is 32.2. The van der Waals surface area contributed by atoms with Crippen molar-refractivity contribution in [2.75, 3.05) is 11.9 Å². The Bertz CT molecular complexity index is 1030. The molecule has 3 rings (SSSR count). The van der Waals surface area contributed by atoms with Crippen LogP contribution < -0.4 is 15.6 Å². The second-order valence-corrected chi connectivity index (χ2v) is 7.26. The zero-order chi connectivity index (χ0) is 19.4. The lowest BCUT2D eigenvalue weighted by Crippen LogP contribution is -2.25. The second kappa shape index (κ2) is 8.26. The zero-order valence-electron chi connectivity index (χ0n) is 15.4. The van der Waals surface area contributed by atoms with Crippen LogP contribution in [0.5, 0.6) is 5.75 Å². The van der Waals surface area contributed by atoms with Crippen LogP contribution in [-0.4, -0.2) is 27.3 Å². The van der Waals surface area contributed by atoms with Gasteiger partial charge in [0.15, 0.2) is 5.16 Å². The summed E-state index contributed by atoms with van der Waals surface area (Å²) in [6.07, 6.45) is 0. The lowest BCUT2D eigenvalue weighted by atomic mass is 10.2. The van der Waals surface area contributed by atoms with Gasteiger partial charge in [-0.2, -0.15) is 0 Å². The molecule has 1 amide bonds. The maximum atomic E-state index is 12.6. The standard InChI is InChI=1S/C20H21N3O3S/c1-4-26-17-12-8-7-11-16(17)21-18(24)13(2)27-20-22-15-10-6-5-9-14(15)19(25)23(20)3/h5-13H,4H2,1-3H3,(H,21,24). The van der Waals surface area contributed by atoms with Crippen molar-refractivity contribution in [3.8, 4) is 5.75 Å². The van der Waals surface area contributed by atoms with E-state index in [1.165, 1.54) is 16.3 Å². The lowest BCUT2D eigenvalue weighted by Gasteiger charge is -2.15. The molecule has 2 aromatic carbocycles. The highest BCUT2D eigenvalue weighted by Gasteiger charge is 2.19. The Hall–Kier alpha value is -2.80. The van der Waals surface area contributed by atoms with E-state index in [-0.39, 0.29) is 11.5 Å². The summed E-state index contributed by atoms with van der Waals surface area (Å²) in [5, 5.41) is 3.50. The van der Waals surface area contributed by atoms with Crippen LogP contribution >= 0.6 is 11.8 Å². The second-order valence-electron chi connectivity index (χ2n) is 5.95. The average molecular weight is 383 g/mol. The first-order valence-electron chi connectivity index (χ1n) is 8.66. The van der Waals surface area contributed by atoms with E-state index in [0.29, 0.717) is 34.1 Å². The fourth-order valence-electron chi connectivity index (χ4n) is 2.60. The van der Waals surface area contributed by atoms with Gasteiger partial charge in [0, 0.05) is 7.05 Å². The van der Waals surface area contributed by atoms with Crippen molar-refractivity contribution in [1.82, 2.24) is 9.55 Å². The summed E-state index contributed by atoms with van der Waals surface area (Å²) in [6.45, 7) is 4.19. The van der Waals surface area contributed by atoms with E-state index in [4.69, 9.17) is 4.74 Å². The van der Waals surface area contributed by atoms with Crippen molar-refractivity contribution >= 4 is 34.3 Å². The normalized spacial score (nSPS) is 12.0. The quantitative estimate of drug-likeness (QED) is 0.521. The molecule has 1 heterocycles. The lowest BCUT2D eigenvalue weighted by molar-refractivity contribution is -0.115. The van der Waals surface area contributed by atoms with E-state index in [1.807, 2.05) is 37.3 Å². The summed E-state index contributed by atoms with van der Waals surface area (Å²) in [5.41, 5.74) is 1.12. The number of nitrogens with one attached hydrogen (secondary N) is 1. The highest BCUT2D eigenvalue weighted by molar-refractivity contribution is 8.00. The Balaban J connectivity index is 1.80. The molecule has 0 radical (unpaired) electrons. The molecular weight excluding hydrogens is 362 g/mol. The van der Waals surface area contributed by atoms with Gasteiger partial charge in [0.2, 0.25) is 5.91 Å². The van der Waals surface area contributed by atoms with Crippen LogP contribution in [0.2, 0.25) is 0 Å². The van der Waals surface area contributed by atoms with Crippen LogP contribution in [0.3, 0.4) is 0 Å². The molecule has 7 heteroatoms. The Morgan fingerprint density at radius 1 is 1.22 bits per heavy atom. The van der Waals surface area contributed by atoms with E-state index in [2.05, 4.69) is 10.3 Å². The highest BCUT2D eigenvalue weighted by Crippen LogP contribution is 2.27. The molecule has 1 unspecified atom stereocenters. The zero-order valence-corrected chi connectivity index (χ0v) is 16.2. The van der Waals surface area contributed by atoms with Gasteiger partial charge in [-0.05, 0) is 38.1 Å². The number of para-hydroxylation sites is 3. The molecule has 1 aromatic heterocycles. The fraction of sp³-hybridized carbons (Fsp3) is 0.250. The van der Waals surface area contributed by atoms with Crippen molar-refractivity contribution in [2.24, 2.45) is 7.05 Å². The predicted molar refractivity (Wildman–Crippen MR) is 109 cm³/mol. The SMILES string of the molecule is CCOc1ccccc1NC(=O)C(C)Sc1nc2ccccc2c(=O)n1C. The van der Waals surface area contributed by atoms with Crippen LogP contribution in [0.1, 0.15) is 13.8 Å². The molecule has 0 aliphatic rings. The first-order valence-corrected chi connectivity index (χ1v) is 9.54. The summed E-state index contributed by atoms with van der Waals surface area (Å²) >= 11 is 1.24. The Kier molecular flexibility index (Phi) is 5.81. The van der Waals surface area contributed by atoms with Crippen LogP contribution in [0.25, 0.3) is 10.9 Å². The van der Waals surface area contributed by atoms with E-state index in [9.17, 15) is 9.59 Å². The third kappa shape index (κ3) is 4.14. The maximum absolute atomic E-state index is 12.6. The molecule has 0 aliphatic heterocycles. The number of carbonyl (C=O) groups is 1. The number of rotatable bonds is 6. The summed E-state index contributed by atoms with van der Waals surface area (Å²) in [4.78, 5) is 29.7. The molecule has 0 spiro atoms. The van der Waals surface area contributed by atoms with E-state index >= 15 is 0 Å². The van der Waals surface area contributed by atoms with Crippen molar-refractivity contribution in [1.29, 1.82) is 0 Å². The monoisotopic (exact) mass is 383 g/mol. The van der Waals surface area contributed by atoms with Gasteiger partial charge in [-0.25, -0.2) is 4.98 Å². The number of aromatic nitrogens is 2. The number of hydrogen-bond acceptors (Lipinski definition) is 5. The van der Waals surface area contributed by atoms with Crippen LogP contribution in [0, 0.1) is 0 Å². The van der Waals surface area contributed by atoms with Gasteiger partial charge in [-0.1, -0.05) is 36.0 Å². The number of amides is 1. The van der Waals surface area contributed by atoms with Gasteiger partial charge < -0.3 is 10.1 Å². The molecule has 1 N–H and O–H groups in total. The number of carbonyl (C=O) groups excluding carboxylic acids is 1. The van der Waals surface area contributed by atoms with E-state index in [0.717, 1.165) is 0 Å². The molecule has 140 valence electrons. The van der Waals surface area contributed by atoms with Crippen molar-refractivity contribution < 1.29 is 9.53 Å². The van der Waals surface area contributed by atoms with Crippen LogP contribution in [0.4, 0.5) is 5.69 Å². The molecule has 27 heavy (non-hydrogen) atoms. The van der Waals surface area contributed by atoms with Crippen molar-refractivity contribution in [3.63, 3.8) is 0 Å². The topological polar surface area (TPSA) is 73.2 Å². The number of fused-ring (bicyclic) bond motifs is 1.